The molecule has 2 aromatic carbocycles. The summed E-state index contributed by atoms with van der Waals surface area (Å²) in [5.74, 6) is -2.64. The number of fused-ring (bicyclic) bond motifs is 3. The third kappa shape index (κ3) is 2.59. The van der Waals surface area contributed by atoms with Gasteiger partial charge >= 0.3 is 0 Å². The lowest BCUT2D eigenvalue weighted by molar-refractivity contribution is -0.128. The Morgan fingerprint density at radius 2 is 1.72 bits per heavy atom. The zero-order valence-corrected chi connectivity index (χ0v) is 14.4. The lowest BCUT2D eigenvalue weighted by atomic mass is 9.96. The SMILES string of the molecule is O=C(Nc1ccccc1)C1C(=O)NS(=O)(=O)c2sc3ccccc3c21. The Morgan fingerprint density at radius 1 is 1.04 bits per heavy atom. The molecule has 4 rings (SSSR count). The quantitative estimate of drug-likeness (QED) is 0.676. The molecule has 1 atom stereocenters. The maximum atomic E-state index is 12.7. The monoisotopic (exact) mass is 372 g/mol. The summed E-state index contributed by atoms with van der Waals surface area (Å²) in [6.07, 6.45) is 0. The van der Waals surface area contributed by atoms with Crippen LogP contribution in [0, 0.1) is 0 Å². The van der Waals surface area contributed by atoms with Crippen LogP contribution in [0.25, 0.3) is 10.1 Å². The largest absolute Gasteiger partial charge is 0.325 e. The van der Waals surface area contributed by atoms with Gasteiger partial charge in [0.15, 0.2) is 0 Å². The molecule has 25 heavy (non-hydrogen) atoms. The third-order valence-electron chi connectivity index (χ3n) is 3.93. The highest BCUT2D eigenvalue weighted by Gasteiger charge is 2.43. The number of hydrogen-bond acceptors (Lipinski definition) is 5. The van der Waals surface area contributed by atoms with Crippen molar-refractivity contribution in [3.63, 3.8) is 0 Å². The van der Waals surface area contributed by atoms with Gasteiger partial charge in [0.1, 0.15) is 10.1 Å². The summed E-state index contributed by atoms with van der Waals surface area (Å²) in [4.78, 5) is 25.1. The molecule has 3 aromatic rings. The Hall–Kier alpha value is -2.71. The molecule has 8 heteroatoms. The molecule has 126 valence electrons. The Morgan fingerprint density at radius 3 is 2.48 bits per heavy atom. The number of sulfonamides is 1. The van der Waals surface area contributed by atoms with Gasteiger partial charge in [0.05, 0.1) is 0 Å². The van der Waals surface area contributed by atoms with Crippen molar-refractivity contribution in [3.05, 3.63) is 60.2 Å². The molecule has 0 aliphatic carbocycles. The summed E-state index contributed by atoms with van der Waals surface area (Å²) < 4.78 is 27.4. The summed E-state index contributed by atoms with van der Waals surface area (Å²) in [5.41, 5.74) is 0.785. The van der Waals surface area contributed by atoms with E-state index in [-0.39, 0.29) is 9.77 Å². The van der Waals surface area contributed by atoms with Crippen molar-refractivity contribution < 1.29 is 18.0 Å². The van der Waals surface area contributed by atoms with E-state index in [0.29, 0.717) is 15.8 Å². The fourth-order valence-electron chi connectivity index (χ4n) is 2.87. The summed E-state index contributed by atoms with van der Waals surface area (Å²) in [6.45, 7) is 0. The number of nitrogens with one attached hydrogen (secondary N) is 2. The average Bonchev–Trinajstić information content (AvgIpc) is 2.96. The zero-order valence-electron chi connectivity index (χ0n) is 12.7. The van der Waals surface area contributed by atoms with Crippen LogP contribution in [0.15, 0.2) is 58.8 Å². The van der Waals surface area contributed by atoms with Gasteiger partial charge in [-0.1, -0.05) is 36.4 Å². The number of benzene rings is 2. The minimum atomic E-state index is -3.95. The van der Waals surface area contributed by atoms with Crippen molar-refractivity contribution in [2.24, 2.45) is 0 Å². The second-order valence-corrected chi connectivity index (χ2v) is 8.49. The van der Waals surface area contributed by atoms with Crippen molar-refractivity contribution in [2.45, 2.75) is 10.1 Å². The number of anilines is 1. The maximum Gasteiger partial charge on any atom is 0.273 e. The van der Waals surface area contributed by atoms with E-state index in [1.165, 1.54) is 0 Å². The van der Waals surface area contributed by atoms with E-state index in [9.17, 15) is 18.0 Å². The molecule has 6 nitrogen and oxygen atoms in total. The number of rotatable bonds is 2. The first-order valence-corrected chi connectivity index (χ1v) is 9.71. The Bertz CT molecular complexity index is 1100. The highest BCUT2D eigenvalue weighted by atomic mass is 32.2. The predicted octanol–water partition coefficient (Wildman–Crippen LogP) is 2.44. The standard InChI is InChI=1S/C17H12N2O4S2/c20-15(18-10-6-2-1-3-7-10)14-13-11-8-4-5-9-12(11)24-17(13)25(22,23)19-16(14)21/h1-9,14H,(H,18,20)(H,19,21). The number of amides is 2. The van der Waals surface area contributed by atoms with Crippen LogP contribution in [-0.2, 0) is 19.6 Å². The molecule has 1 aliphatic rings. The Balaban J connectivity index is 1.86. The lowest BCUT2D eigenvalue weighted by Crippen LogP contribution is -2.43. The first-order valence-electron chi connectivity index (χ1n) is 7.41. The highest BCUT2D eigenvalue weighted by Crippen LogP contribution is 2.42. The Labute approximate surface area is 147 Å². The van der Waals surface area contributed by atoms with E-state index < -0.39 is 27.8 Å². The van der Waals surface area contributed by atoms with Gasteiger partial charge < -0.3 is 5.32 Å². The average molecular weight is 372 g/mol. The molecule has 2 amide bonds. The van der Waals surface area contributed by atoms with Gasteiger partial charge in [0, 0.05) is 16.0 Å². The molecule has 2 heterocycles. The van der Waals surface area contributed by atoms with Gasteiger partial charge in [-0.2, -0.15) is 0 Å². The lowest BCUT2D eigenvalue weighted by Gasteiger charge is -2.22. The molecule has 2 N–H and O–H groups in total. The van der Waals surface area contributed by atoms with Crippen LogP contribution in [0.1, 0.15) is 11.5 Å². The number of carbonyl (C=O) groups excluding carboxylic acids is 2. The summed E-state index contributed by atoms with van der Waals surface area (Å²) in [7, 11) is -3.95. The Kier molecular flexibility index (Phi) is 3.59. The van der Waals surface area contributed by atoms with Gasteiger partial charge in [-0.05, 0) is 23.6 Å². The van der Waals surface area contributed by atoms with E-state index in [2.05, 4.69) is 5.32 Å². The number of para-hydroxylation sites is 1. The minimum absolute atomic E-state index is 0.0153. The fraction of sp³-hybridized carbons (Fsp3) is 0.0588. The molecule has 1 unspecified atom stereocenters. The highest BCUT2D eigenvalue weighted by molar-refractivity contribution is 7.92. The molecule has 0 saturated carbocycles. The van der Waals surface area contributed by atoms with E-state index in [0.717, 1.165) is 11.3 Å². The number of hydrogen-bond donors (Lipinski definition) is 2. The van der Waals surface area contributed by atoms with Gasteiger partial charge in [0.2, 0.25) is 5.91 Å². The van der Waals surface area contributed by atoms with Crippen LogP contribution in [0.2, 0.25) is 0 Å². The van der Waals surface area contributed by atoms with Gasteiger partial charge in [0.25, 0.3) is 15.9 Å². The van der Waals surface area contributed by atoms with Gasteiger partial charge in [-0.15, -0.1) is 11.3 Å². The van der Waals surface area contributed by atoms with Crippen LogP contribution in [0.5, 0.6) is 0 Å². The summed E-state index contributed by atoms with van der Waals surface area (Å²) in [5, 5.41) is 3.28. The molecular weight excluding hydrogens is 360 g/mol. The third-order valence-corrected chi connectivity index (χ3v) is 7.00. The van der Waals surface area contributed by atoms with Gasteiger partial charge in [-0.25, -0.2) is 13.1 Å². The smallest absolute Gasteiger partial charge is 0.273 e. The van der Waals surface area contributed by atoms with Crippen molar-refractivity contribution in [2.75, 3.05) is 5.32 Å². The van der Waals surface area contributed by atoms with E-state index in [1.807, 2.05) is 4.72 Å². The van der Waals surface area contributed by atoms with Crippen LogP contribution < -0.4 is 10.0 Å². The maximum absolute atomic E-state index is 12.7. The van der Waals surface area contributed by atoms with Crippen molar-refractivity contribution in [1.82, 2.24) is 4.72 Å². The molecule has 0 bridgehead atoms. The summed E-state index contributed by atoms with van der Waals surface area (Å²) in [6, 6.07) is 15.7. The van der Waals surface area contributed by atoms with Crippen LogP contribution in [0.4, 0.5) is 5.69 Å². The summed E-state index contributed by atoms with van der Waals surface area (Å²) >= 11 is 1.05. The van der Waals surface area contributed by atoms with Crippen molar-refractivity contribution in [3.8, 4) is 0 Å². The van der Waals surface area contributed by atoms with Crippen LogP contribution in [0.3, 0.4) is 0 Å². The van der Waals surface area contributed by atoms with Crippen molar-refractivity contribution >= 4 is 48.9 Å². The molecule has 0 saturated heterocycles. The van der Waals surface area contributed by atoms with E-state index >= 15 is 0 Å². The first kappa shape index (κ1) is 15.8. The normalized spacial score (nSPS) is 18.4. The zero-order chi connectivity index (χ0) is 17.6. The second kappa shape index (κ2) is 5.68. The van der Waals surface area contributed by atoms with Crippen LogP contribution in [-0.4, -0.2) is 20.2 Å². The molecule has 1 aliphatic heterocycles. The topological polar surface area (TPSA) is 92.3 Å². The van der Waals surface area contributed by atoms with Gasteiger partial charge in [-0.3, -0.25) is 9.59 Å². The number of carbonyl (C=O) groups is 2. The minimum Gasteiger partial charge on any atom is -0.325 e. The predicted molar refractivity (Wildman–Crippen MR) is 95.0 cm³/mol. The molecule has 0 radical (unpaired) electrons. The van der Waals surface area contributed by atoms with Crippen LogP contribution >= 0.6 is 11.3 Å². The fourth-order valence-corrected chi connectivity index (χ4v) is 5.67. The van der Waals surface area contributed by atoms with E-state index in [4.69, 9.17) is 0 Å². The van der Waals surface area contributed by atoms with Crippen molar-refractivity contribution in [1.29, 1.82) is 0 Å². The van der Waals surface area contributed by atoms with E-state index in [1.54, 1.807) is 54.6 Å². The number of thiophene rings is 1. The molecule has 0 fully saturated rings. The molecule has 0 spiro atoms. The second-order valence-electron chi connectivity index (χ2n) is 5.56. The molecular formula is C17H12N2O4S2. The first-order chi connectivity index (χ1) is 12.0. The molecule has 1 aromatic heterocycles.